The van der Waals surface area contributed by atoms with Crippen LogP contribution in [-0.4, -0.2) is 24.5 Å². The van der Waals surface area contributed by atoms with E-state index in [9.17, 15) is 5.11 Å². The Bertz CT molecular complexity index is 525. The van der Waals surface area contributed by atoms with Crippen LogP contribution in [0.5, 0.6) is 0 Å². The quantitative estimate of drug-likeness (QED) is 0.917. The van der Waals surface area contributed by atoms with Crippen LogP contribution >= 0.6 is 23.1 Å². The number of aliphatic hydroxyl groups is 1. The van der Waals surface area contributed by atoms with Crippen LogP contribution in [0.1, 0.15) is 42.6 Å². The SMILES string of the molecule is CCCn1ncc(Cl)c1C(O)c1snnc1CC. The van der Waals surface area contributed by atoms with Crippen LogP contribution in [-0.2, 0) is 13.0 Å². The number of aliphatic hydroxyl groups excluding tert-OH is 1. The largest absolute Gasteiger partial charge is 0.381 e. The molecule has 0 amide bonds. The summed E-state index contributed by atoms with van der Waals surface area (Å²) in [6, 6.07) is 0. The van der Waals surface area contributed by atoms with Crippen LogP contribution in [0, 0.1) is 0 Å². The topological polar surface area (TPSA) is 63.8 Å². The molecule has 0 radical (unpaired) electrons. The first-order valence-electron chi connectivity index (χ1n) is 5.89. The molecule has 5 nitrogen and oxygen atoms in total. The molecule has 0 aliphatic rings. The van der Waals surface area contributed by atoms with E-state index in [1.54, 1.807) is 10.9 Å². The zero-order valence-corrected chi connectivity index (χ0v) is 11.9. The van der Waals surface area contributed by atoms with E-state index in [2.05, 4.69) is 21.6 Å². The van der Waals surface area contributed by atoms with E-state index in [0.717, 1.165) is 30.0 Å². The van der Waals surface area contributed by atoms with Crippen LogP contribution in [0.3, 0.4) is 0 Å². The lowest BCUT2D eigenvalue weighted by molar-refractivity contribution is 0.210. The first kappa shape index (κ1) is 13.5. The molecule has 98 valence electrons. The number of aromatic nitrogens is 4. The second-order valence-corrected chi connectivity index (χ2v) is 5.13. The van der Waals surface area contributed by atoms with Gasteiger partial charge in [-0.2, -0.15) is 5.10 Å². The van der Waals surface area contributed by atoms with Gasteiger partial charge in [0.25, 0.3) is 0 Å². The average molecular weight is 287 g/mol. The summed E-state index contributed by atoms with van der Waals surface area (Å²) in [4.78, 5) is 0.747. The molecule has 0 spiro atoms. The molecule has 2 heterocycles. The third-order valence-corrected chi connectivity index (χ3v) is 3.81. The molecule has 2 rings (SSSR count). The van der Waals surface area contributed by atoms with Crippen molar-refractivity contribution >= 4 is 23.1 Å². The molecule has 1 unspecified atom stereocenters. The van der Waals surface area contributed by atoms with Gasteiger partial charge in [0.2, 0.25) is 0 Å². The summed E-state index contributed by atoms with van der Waals surface area (Å²) in [7, 11) is 0. The smallest absolute Gasteiger partial charge is 0.135 e. The fourth-order valence-electron chi connectivity index (χ4n) is 1.83. The summed E-state index contributed by atoms with van der Waals surface area (Å²) in [5, 5.41) is 19.1. The van der Waals surface area contributed by atoms with Crippen LogP contribution in [0.4, 0.5) is 0 Å². The van der Waals surface area contributed by atoms with Crippen molar-refractivity contribution in [3.05, 3.63) is 27.5 Å². The number of nitrogens with zero attached hydrogens (tertiary/aromatic N) is 4. The fourth-order valence-corrected chi connectivity index (χ4v) is 2.80. The summed E-state index contributed by atoms with van der Waals surface area (Å²) < 4.78 is 5.63. The average Bonchev–Trinajstić information content (AvgIpc) is 2.96. The van der Waals surface area contributed by atoms with Gasteiger partial charge in [-0.15, -0.1) is 5.10 Å². The second-order valence-electron chi connectivity index (χ2n) is 3.94. The summed E-state index contributed by atoms with van der Waals surface area (Å²) >= 11 is 7.31. The summed E-state index contributed by atoms with van der Waals surface area (Å²) in [5.41, 5.74) is 1.44. The third kappa shape index (κ3) is 2.41. The molecular formula is C11H15ClN4OS. The van der Waals surface area contributed by atoms with E-state index in [4.69, 9.17) is 11.6 Å². The number of rotatable bonds is 5. The first-order valence-corrected chi connectivity index (χ1v) is 7.04. The maximum atomic E-state index is 10.5. The molecule has 0 saturated heterocycles. The molecule has 2 aromatic heterocycles. The maximum absolute atomic E-state index is 10.5. The van der Waals surface area contributed by atoms with Crippen molar-refractivity contribution < 1.29 is 5.11 Å². The Kier molecular flexibility index (Phi) is 4.31. The predicted octanol–water partition coefficient (Wildman–Crippen LogP) is 2.44. The van der Waals surface area contributed by atoms with Crippen LogP contribution in [0.15, 0.2) is 6.20 Å². The molecule has 0 aliphatic heterocycles. The van der Waals surface area contributed by atoms with Crippen molar-refractivity contribution in [2.45, 2.75) is 39.3 Å². The second kappa shape index (κ2) is 5.77. The van der Waals surface area contributed by atoms with Crippen molar-refractivity contribution in [3.8, 4) is 0 Å². The number of aryl methyl sites for hydroxylation is 2. The van der Waals surface area contributed by atoms with Gasteiger partial charge in [0.1, 0.15) is 6.10 Å². The minimum atomic E-state index is -0.804. The lowest BCUT2D eigenvalue weighted by Crippen LogP contribution is -2.11. The summed E-state index contributed by atoms with van der Waals surface area (Å²) in [6.45, 7) is 4.77. The van der Waals surface area contributed by atoms with Crippen LogP contribution in [0.25, 0.3) is 0 Å². The highest BCUT2D eigenvalue weighted by atomic mass is 35.5. The standard InChI is InChI=1S/C11H15ClN4OS/c1-3-5-16-9(7(12)6-13-16)10(17)11-8(4-2)14-15-18-11/h6,10,17H,3-5H2,1-2H3. The number of hydrogen-bond donors (Lipinski definition) is 1. The van der Waals surface area contributed by atoms with E-state index in [0.29, 0.717) is 10.7 Å². The first-order chi connectivity index (χ1) is 8.69. The van der Waals surface area contributed by atoms with E-state index >= 15 is 0 Å². The third-order valence-electron chi connectivity index (χ3n) is 2.70. The Balaban J connectivity index is 2.39. The van der Waals surface area contributed by atoms with Crippen LogP contribution in [0.2, 0.25) is 5.02 Å². The maximum Gasteiger partial charge on any atom is 0.135 e. The molecule has 2 aromatic rings. The monoisotopic (exact) mass is 286 g/mol. The van der Waals surface area contributed by atoms with Crippen molar-refractivity contribution in [1.29, 1.82) is 0 Å². The molecule has 1 N–H and O–H groups in total. The van der Waals surface area contributed by atoms with Crippen molar-refractivity contribution in [3.63, 3.8) is 0 Å². The summed E-state index contributed by atoms with van der Waals surface area (Å²) in [5.74, 6) is 0. The van der Waals surface area contributed by atoms with Gasteiger partial charge < -0.3 is 5.11 Å². The number of hydrogen-bond acceptors (Lipinski definition) is 5. The predicted molar refractivity (Wildman–Crippen MR) is 70.9 cm³/mol. The molecule has 0 bridgehead atoms. The Morgan fingerprint density at radius 1 is 1.50 bits per heavy atom. The Labute approximate surface area is 115 Å². The van der Waals surface area contributed by atoms with Gasteiger partial charge in [-0.25, -0.2) is 0 Å². The highest BCUT2D eigenvalue weighted by Gasteiger charge is 2.24. The normalized spacial score (nSPS) is 12.9. The zero-order valence-electron chi connectivity index (χ0n) is 10.3. The number of halogens is 1. The van der Waals surface area contributed by atoms with Gasteiger partial charge in [-0.05, 0) is 24.4 Å². The highest BCUT2D eigenvalue weighted by molar-refractivity contribution is 7.05. The van der Waals surface area contributed by atoms with E-state index < -0.39 is 6.10 Å². The Morgan fingerprint density at radius 3 is 2.94 bits per heavy atom. The van der Waals surface area contributed by atoms with Gasteiger partial charge in [0, 0.05) is 6.54 Å². The molecule has 0 fully saturated rings. The lowest BCUT2D eigenvalue weighted by atomic mass is 10.1. The van der Waals surface area contributed by atoms with Gasteiger partial charge in [-0.3, -0.25) is 4.68 Å². The molecule has 7 heteroatoms. The lowest BCUT2D eigenvalue weighted by Gasteiger charge is -2.12. The molecule has 1 atom stereocenters. The van der Waals surface area contributed by atoms with E-state index in [-0.39, 0.29) is 0 Å². The van der Waals surface area contributed by atoms with Crippen molar-refractivity contribution in [2.75, 3.05) is 0 Å². The Hall–Kier alpha value is -0.980. The van der Waals surface area contributed by atoms with Crippen molar-refractivity contribution in [1.82, 2.24) is 19.4 Å². The molecule has 0 aliphatic carbocycles. The van der Waals surface area contributed by atoms with Crippen LogP contribution < -0.4 is 0 Å². The van der Waals surface area contributed by atoms with E-state index in [1.165, 1.54) is 11.5 Å². The minimum Gasteiger partial charge on any atom is -0.381 e. The highest BCUT2D eigenvalue weighted by Crippen LogP contribution is 2.31. The fraction of sp³-hybridized carbons (Fsp3) is 0.545. The van der Waals surface area contributed by atoms with Gasteiger partial charge >= 0.3 is 0 Å². The molecular weight excluding hydrogens is 272 g/mol. The van der Waals surface area contributed by atoms with Gasteiger partial charge in [-0.1, -0.05) is 29.9 Å². The van der Waals surface area contributed by atoms with Crippen molar-refractivity contribution in [2.24, 2.45) is 0 Å². The van der Waals surface area contributed by atoms with E-state index in [1.807, 2.05) is 6.92 Å². The summed E-state index contributed by atoms with van der Waals surface area (Å²) in [6.07, 6.45) is 2.43. The zero-order chi connectivity index (χ0) is 13.1. The minimum absolute atomic E-state index is 0.478. The van der Waals surface area contributed by atoms with Gasteiger partial charge in [0.15, 0.2) is 0 Å². The molecule has 0 saturated carbocycles. The molecule has 0 aromatic carbocycles. The van der Waals surface area contributed by atoms with Gasteiger partial charge in [0.05, 0.1) is 27.5 Å². The Morgan fingerprint density at radius 2 is 2.28 bits per heavy atom. The molecule has 18 heavy (non-hydrogen) atoms.